The summed E-state index contributed by atoms with van der Waals surface area (Å²) in [4.78, 5) is 12.4. The monoisotopic (exact) mass is 346 g/mol. The molecule has 0 aliphatic heterocycles. The molecule has 0 aliphatic rings. The van der Waals surface area contributed by atoms with Crippen molar-refractivity contribution in [3.63, 3.8) is 0 Å². The summed E-state index contributed by atoms with van der Waals surface area (Å²) >= 11 is 0. The lowest BCUT2D eigenvalue weighted by Gasteiger charge is -2.15. The Morgan fingerprint density at radius 1 is 1.04 bits per heavy atom. The zero-order valence-electron chi connectivity index (χ0n) is 14.1. The normalized spacial score (nSPS) is 11.5. The molecule has 0 saturated heterocycles. The molecule has 0 bridgehead atoms. The van der Waals surface area contributed by atoms with Gasteiger partial charge in [0.1, 0.15) is 0 Å². The highest BCUT2D eigenvalue weighted by Gasteiger charge is 2.20. The second kappa shape index (κ2) is 7.59. The van der Waals surface area contributed by atoms with Crippen molar-refractivity contribution in [2.45, 2.75) is 24.8 Å². The largest absolute Gasteiger partial charge is 0.348 e. The molecule has 1 amide bonds. The van der Waals surface area contributed by atoms with Crippen LogP contribution in [0, 0.1) is 0 Å². The highest BCUT2D eigenvalue weighted by molar-refractivity contribution is 7.89. The molecule has 0 spiro atoms. The van der Waals surface area contributed by atoms with Crippen molar-refractivity contribution >= 4 is 15.9 Å². The van der Waals surface area contributed by atoms with Crippen LogP contribution in [0.25, 0.3) is 0 Å². The van der Waals surface area contributed by atoms with Crippen LogP contribution < -0.4 is 5.32 Å². The average Bonchev–Trinajstić information content (AvgIpc) is 2.59. The molecule has 1 N–H and O–H groups in total. The van der Waals surface area contributed by atoms with E-state index < -0.39 is 10.0 Å². The summed E-state index contributed by atoms with van der Waals surface area (Å²) < 4.78 is 25.9. The number of carbonyl (C=O) groups excluding carboxylic acids is 1. The molecule has 0 aliphatic carbocycles. The van der Waals surface area contributed by atoms with E-state index in [1.165, 1.54) is 14.1 Å². The molecule has 128 valence electrons. The van der Waals surface area contributed by atoms with Crippen LogP contribution in [0.1, 0.15) is 28.4 Å². The van der Waals surface area contributed by atoms with Gasteiger partial charge in [-0.15, -0.1) is 0 Å². The molecule has 2 aromatic rings. The zero-order valence-corrected chi connectivity index (χ0v) is 14.9. The van der Waals surface area contributed by atoms with Crippen LogP contribution in [-0.2, 0) is 23.0 Å². The Hall–Kier alpha value is -2.18. The predicted molar refractivity (Wildman–Crippen MR) is 94.3 cm³/mol. The Balaban J connectivity index is 2.16. The van der Waals surface area contributed by atoms with E-state index in [0.717, 1.165) is 16.3 Å². The molecule has 0 saturated carbocycles. The van der Waals surface area contributed by atoms with Crippen LogP contribution in [0.3, 0.4) is 0 Å². The molecule has 24 heavy (non-hydrogen) atoms. The topological polar surface area (TPSA) is 66.5 Å². The smallest absolute Gasteiger partial charge is 0.251 e. The van der Waals surface area contributed by atoms with Crippen molar-refractivity contribution in [1.29, 1.82) is 0 Å². The van der Waals surface area contributed by atoms with Crippen LogP contribution >= 0.6 is 0 Å². The number of aryl methyl sites for hydroxylation is 1. The van der Waals surface area contributed by atoms with Gasteiger partial charge in [-0.25, -0.2) is 12.7 Å². The van der Waals surface area contributed by atoms with E-state index in [-0.39, 0.29) is 17.3 Å². The van der Waals surface area contributed by atoms with Gasteiger partial charge in [0.15, 0.2) is 0 Å². The highest BCUT2D eigenvalue weighted by Crippen LogP contribution is 2.18. The molecule has 2 aromatic carbocycles. The maximum atomic E-state index is 12.4. The lowest BCUT2D eigenvalue weighted by atomic mass is 10.1. The highest BCUT2D eigenvalue weighted by atomic mass is 32.2. The number of sulfonamides is 1. The first-order chi connectivity index (χ1) is 11.4. The summed E-state index contributed by atoms with van der Waals surface area (Å²) in [5, 5.41) is 2.78. The molecule has 0 unspecified atom stereocenters. The molecular weight excluding hydrogens is 324 g/mol. The first-order valence-electron chi connectivity index (χ1n) is 7.74. The Morgan fingerprint density at radius 2 is 1.67 bits per heavy atom. The van der Waals surface area contributed by atoms with Gasteiger partial charge < -0.3 is 5.32 Å². The summed E-state index contributed by atoms with van der Waals surface area (Å²) in [6.45, 7) is 2.20. The fraction of sp³-hybridized carbons (Fsp3) is 0.278. The van der Waals surface area contributed by atoms with Crippen LogP contribution in [0.2, 0.25) is 0 Å². The fourth-order valence-electron chi connectivity index (χ4n) is 2.27. The van der Waals surface area contributed by atoms with Crippen LogP contribution in [-0.4, -0.2) is 32.7 Å². The van der Waals surface area contributed by atoms with Gasteiger partial charge in [0, 0.05) is 26.2 Å². The van der Waals surface area contributed by atoms with Gasteiger partial charge in [0.25, 0.3) is 5.91 Å². The van der Waals surface area contributed by atoms with E-state index in [4.69, 9.17) is 0 Å². The predicted octanol–water partition coefficient (Wildman–Crippen LogP) is 2.43. The minimum atomic E-state index is -3.55. The molecule has 2 rings (SSSR count). The Kier molecular flexibility index (Phi) is 5.75. The minimum absolute atomic E-state index is 0.150. The van der Waals surface area contributed by atoms with E-state index in [9.17, 15) is 13.2 Å². The summed E-state index contributed by atoms with van der Waals surface area (Å²) in [7, 11) is -0.575. The van der Waals surface area contributed by atoms with E-state index in [1.54, 1.807) is 36.4 Å². The maximum Gasteiger partial charge on any atom is 0.251 e. The number of carbonyl (C=O) groups is 1. The second-order valence-electron chi connectivity index (χ2n) is 5.63. The summed E-state index contributed by atoms with van der Waals surface area (Å²) in [6.07, 6.45) is 0.914. The second-order valence-corrected chi connectivity index (χ2v) is 7.75. The number of hydrogen-bond acceptors (Lipinski definition) is 3. The molecule has 0 radical (unpaired) electrons. The van der Waals surface area contributed by atoms with Gasteiger partial charge in [-0.1, -0.05) is 37.3 Å². The Morgan fingerprint density at radius 3 is 2.25 bits per heavy atom. The molecule has 0 heterocycles. The first kappa shape index (κ1) is 18.2. The fourth-order valence-corrected chi connectivity index (χ4v) is 3.38. The lowest BCUT2D eigenvalue weighted by Crippen LogP contribution is -2.27. The van der Waals surface area contributed by atoms with Gasteiger partial charge in [0.05, 0.1) is 4.90 Å². The van der Waals surface area contributed by atoms with Crippen molar-refractivity contribution in [2.75, 3.05) is 14.1 Å². The SMILES string of the molecule is CCc1ccc(C(=O)NCc2ccccc2S(=O)(=O)N(C)C)cc1. The number of nitrogens with one attached hydrogen (secondary N) is 1. The minimum Gasteiger partial charge on any atom is -0.348 e. The zero-order chi connectivity index (χ0) is 17.7. The molecule has 6 heteroatoms. The van der Waals surface area contributed by atoms with E-state index in [2.05, 4.69) is 12.2 Å². The number of hydrogen-bond donors (Lipinski definition) is 1. The van der Waals surface area contributed by atoms with Gasteiger partial charge in [-0.3, -0.25) is 4.79 Å². The first-order valence-corrected chi connectivity index (χ1v) is 9.18. The van der Waals surface area contributed by atoms with Crippen molar-refractivity contribution in [3.05, 3.63) is 65.2 Å². The van der Waals surface area contributed by atoms with Crippen LogP contribution in [0.5, 0.6) is 0 Å². The molecule has 0 atom stereocenters. The van der Waals surface area contributed by atoms with Crippen molar-refractivity contribution < 1.29 is 13.2 Å². The third-order valence-corrected chi connectivity index (χ3v) is 5.71. The summed E-state index contributed by atoms with van der Waals surface area (Å²) in [6, 6.07) is 14.1. The van der Waals surface area contributed by atoms with E-state index in [0.29, 0.717) is 11.1 Å². The molecular formula is C18H22N2O3S. The Bertz CT molecular complexity index is 812. The third kappa shape index (κ3) is 4.01. The molecule has 0 aromatic heterocycles. The quantitative estimate of drug-likeness (QED) is 0.873. The number of benzene rings is 2. The number of nitrogens with zero attached hydrogens (tertiary/aromatic N) is 1. The average molecular weight is 346 g/mol. The Labute approximate surface area is 143 Å². The maximum absolute atomic E-state index is 12.4. The standard InChI is InChI=1S/C18H22N2O3S/c1-4-14-9-11-15(12-10-14)18(21)19-13-16-7-5-6-8-17(16)24(22,23)20(2)3/h5-12H,4,13H2,1-3H3,(H,19,21). The molecule has 5 nitrogen and oxygen atoms in total. The summed E-state index contributed by atoms with van der Waals surface area (Å²) in [5.74, 6) is -0.227. The lowest BCUT2D eigenvalue weighted by molar-refractivity contribution is 0.0950. The van der Waals surface area contributed by atoms with Crippen molar-refractivity contribution in [3.8, 4) is 0 Å². The van der Waals surface area contributed by atoms with Gasteiger partial charge >= 0.3 is 0 Å². The number of rotatable bonds is 6. The van der Waals surface area contributed by atoms with Gasteiger partial charge in [-0.05, 0) is 35.7 Å². The number of amides is 1. The van der Waals surface area contributed by atoms with Crippen LogP contribution in [0.15, 0.2) is 53.4 Å². The van der Waals surface area contributed by atoms with E-state index >= 15 is 0 Å². The summed E-state index contributed by atoms with van der Waals surface area (Å²) in [5.41, 5.74) is 2.28. The van der Waals surface area contributed by atoms with Gasteiger partial charge in [0.2, 0.25) is 10.0 Å². The van der Waals surface area contributed by atoms with Gasteiger partial charge in [-0.2, -0.15) is 0 Å². The third-order valence-electron chi connectivity index (χ3n) is 3.80. The van der Waals surface area contributed by atoms with Crippen molar-refractivity contribution in [1.82, 2.24) is 9.62 Å². The molecule has 0 fully saturated rings. The van der Waals surface area contributed by atoms with Crippen molar-refractivity contribution in [2.24, 2.45) is 0 Å². The van der Waals surface area contributed by atoms with Crippen LogP contribution in [0.4, 0.5) is 0 Å². The van der Waals surface area contributed by atoms with E-state index in [1.807, 2.05) is 12.1 Å².